The summed E-state index contributed by atoms with van der Waals surface area (Å²) in [5.41, 5.74) is 9.94. The van der Waals surface area contributed by atoms with Gasteiger partial charge >= 0.3 is 0 Å². The molecule has 4 aromatic carbocycles. The summed E-state index contributed by atoms with van der Waals surface area (Å²) in [6.45, 7) is 9.84. The number of nitrogens with zero attached hydrogens (tertiary/aromatic N) is 5. The largest absolute Gasteiger partial charge is 0.456 e. The summed E-state index contributed by atoms with van der Waals surface area (Å²) < 4.78 is 13.7. The third-order valence-corrected chi connectivity index (χ3v) is 11.2. The van der Waals surface area contributed by atoms with Crippen molar-refractivity contribution in [2.75, 3.05) is 0 Å². The Morgan fingerprint density at radius 3 is 2.32 bits per heavy atom. The molecule has 1 aliphatic rings. The van der Waals surface area contributed by atoms with E-state index < -0.39 is 0 Å². The van der Waals surface area contributed by atoms with Crippen LogP contribution < -0.4 is 9.13 Å². The number of pyridine rings is 2. The lowest BCUT2D eigenvalue weighted by atomic mass is 9.85. The van der Waals surface area contributed by atoms with Gasteiger partial charge in [-0.25, -0.2) is 9.67 Å². The number of hydrogen-bond acceptors (Lipinski definition) is 3. The van der Waals surface area contributed by atoms with E-state index >= 15 is 0 Å². The number of benzene rings is 4. The van der Waals surface area contributed by atoms with Crippen LogP contribution >= 0.6 is 0 Å². The van der Waals surface area contributed by atoms with E-state index in [0.29, 0.717) is 0 Å². The lowest BCUT2D eigenvalue weighted by Gasteiger charge is -2.28. The van der Waals surface area contributed by atoms with E-state index in [0.717, 1.165) is 70.7 Å². The molecular weight excluding hydrogens is 615 g/mol. The third kappa shape index (κ3) is 4.62. The predicted molar refractivity (Wildman–Crippen MR) is 200 cm³/mol. The molecule has 0 N–H and O–H groups in total. The maximum absolute atomic E-state index is 6.44. The van der Waals surface area contributed by atoms with Gasteiger partial charge < -0.3 is 4.42 Å². The van der Waals surface area contributed by atoms with Gasteiger partial charge in [0.05, 0.1) is 5.56 Å². The third-order valence-electron chi connectivity index (χ3n) is 11.2. The van der Waals surface area contributed by atoms with Gasteiger partial charge in [0.15, 0.2) is 24.1 Å². The van der Waals surface area contributed by atoms with Crippen LogP contribution in [0.2, 0.25) is 0 Å². The molecule has 0 saturated carbocycles. The summed E-state index contributed by atoms with van der Waals surface area (Å²) in [7, 11) is 0. The highest BCUT2D eigenvalue weighted by atomic mass is 16.3. The van der Waals surface area contributed by atoms with Crippen molar-refractivity contribution in [2.24, 2.45) is 0 Å². The molecule has 8 aromatic rings. The van der Waals surface area contributed by atoms with Crippen LogP contribution in [-0.2, 0) is 12.1 Å². The molecule has 0 bridgehead atoms. The van der Waals surface area contributed by atoms with Crippen LogP contribution in [0.25, 0.3) is 67.0 Å². The summed E-state index contributed by atoms with van der Waals surface area (Å²) in [6.07, 6.45) is 5.17. The normalized spacial score (nSPS) is 15.3. The number of para-hydroxylation sites is 2. The van der Waals surface area contributed by atoms with E-state index in [2.05, 4.69) is 151 Å². The van der Waals surface area contributed by atoms with Crippen molar-refractivity contribution in [1.29, 1.82) is 0 Å². The molecule has 5 heterocycles. The molecule has 1 aliphatic heterocycles. The van der Waals surface area contributed by atoms with Crippen LogP contribution in [0.1, 0.15) is 50.3 Å². The minimum atomic E-state index is -0.103. The van der Waals surface area contributed by atoms with Gasteiger partial charge in [0.1, 0.15) is 17.2 Å². The average Bonchev–Trinajstić information content (AvgIpc) is 3.75. The molecular formula is C44H41N5O+2. The van der Waals surface area contributed by atoms with Crippen LogP contribution in [0.15, 0.2) is 126 Å². The first-order chi connectivity index (χ1) is 24.5. The average molecular weight is 656 g/mol. The van der Waals surface area contributed by atoms with E-state index in [1.807, 2.05) is 12.1 Å². The molecule has 0 aliphatic carbocycles. The van der Waals surface area contributed by atoms with Gasteiger partial charge in [0.25, 0.3) is 5.69 Å². The zero-order valence-corrected chi connectivity index (χ0v) is 29.1. The fraction of sp³-hybridized carbons (Fsp3) is 0.227. The van der Waals surface area contributed by atoms with Crippen LogP contribution in [-0.4, -0.2) is 14.8 Å². The SMILES string of the molecule is CCC1(CC)CC(C[n+]2c(-c3c(C)ccc4oc5ccccc5c34)cc(C)c3ccccc32)n2nc(-c3ccccc3)nc2-c2cccc[n+]21. The minimum Gasteiger partial charge on any atom is -0.456 e. The van der Waals surface area contributed by atoms with Crippen molar-refractivity contribution in [2.45, 2.75) is 65.1 Å². The molecule has 0 saturated heterocycles. The van der Waals surface area contributed by atoms with Crippen molar-refractivity contribution in [1.82, 2.24) is 14.8 Å². The highest BCUT2D eigenvalue weighted by Gasteiger charge is 2.47. The number of hydrogen-bond donors (Lipinski definition) is 0. The monoisotopic (exact) mass is 655 g/mol. The molecule has 0 radical (unpaired) electrons. The quantitative estimate of drug-likeness (QED) is 0.168. The fourth-order valence-corrected chi connectivity index (χ4v) is 8.54. The van der Waals surface area contributed by atoms with Gasteiger partial charge in [-0.2, -0.15) is 9.13 Å². The smallest absolute Gasteiger partial charge is 0.250 e. The maximum Gasteiger partial charge on any atom is 0.250 e. The van der Waals surface area contributed by atoms with Crippen LogP contribution in [0.5, 0.6) is 0 Å². The Bertz CT molecular complexity index is 2560. The molecule has 1 unspecified atom stereocenters. The first-order valence-corrected chi connectivity index (χ1v) is 17.9. The standard InChI is InChI=1S/C44H41N5O/c1-5-44(6-2)27-32(49-43(36-21-14-15-25-48(36)44)45-42(46-49)31-16-8-7-9-17-31)28-47-35-20-12-10-18-33(35)30(4)26-37(47)40-29(3)23-24-39-41(40)34-19-11-13-22-38(34)50-39/h7-26,32H,5-6,27-28H2,1-4H3/q+2. The van der Waals surface area contributed by atoms with E-state index in [1.165, 1.54) is 33.3 Å². The highest BCUT2D eigenvalue weighted by Crippen LogP contribution is 2.41. The lowest BCUT2D eigenvalue weighted by molar-refractivity contribution is -0.759. The Kier molecular flexibility index (Phi) is 7.16. The molecule has 9 rings (SSSR count). The van der Waals surface area contributed by atoms with Gasteiger partial charge in [0.2, 0.25) is 17.0 Å². The van der Waals surface area contributed by atoms with Gasteiger partial charge in [-0.05, 0) is 49.2 Å². The Hall–Kier alpha value is -5.62. The van der Waals surface area contributed by atoms with E-state index in [9.17, 15) is 0 Å². The summed E-state index contributed by atoms with van der Waals surface area (Å²) in [6, 6.07) is 40.8. The Morgan fingerprint density at radius 2 is 1.50 bits per heavy atom. The number of rotatable bonds is 6. The number of furan rings is 1. The Labute approximate surface area is 292 Å². The molecule has 1 atom stereocenters. The van der Waals surface area contributed by atoms with Crippen molar-refractivity contribution in [3.63, 3.8) is 0 Å². The van der Waals surface area contributed by atoms with Crippen molar-refractivity contribution < 1.29 is 13.6 Å². The second-order valence-electron chi connectivity index (χ2n) is 13.9. The summed E-state index contributed by atoms with van der Waals surface area (Å²) in [5, 5.41) is 8.92. The second kappa shape index (κ2) is 11.8. The molecule has 6 nitrogen and oxygen atoms in total. The molecule has 0 amide bonds. The molecule has 246 valence electrons. The first-order valence-electron chi connectivity index (χ1n) is 17.9. The topological polar surface area (TPSA) is 51.6 Å². The number of aryl methyl sites for hydroxylation is 2. The summed E-state index contributed by atoms with van der Waals surface area (Å²) in [5.74, 6) is 1.67. The summed E-state index contributed by atoms with van der Waals surface area (Å²) >= 11 is 0. The fourth-order valence-electron chi connectivity index (χ4n) is 8.54. The van der Waals surface area contributed by atoms with Crippen LogP contribution in [0.4, 0.5) is 0 Å². The van der Waals surface area contributed by atoms with Gasteiger partial charge in [-0.15, -0.1) is 5.10 Å². The lowest BCUT2D eigenvalue weighted by Crippen LogP contribution is -2.57. The van der Waals surface area contributed by atoms with Crippen molar-refractivity contribution in [3.05, 3.63) is 133 Å². The zero-order valence-electron chi connectivity index (χ0n) is 29.1. The van der Waals surface area contributed by atoms with Crippen LogP contribution in [0, 0.1) is 13.8 Å². The van der Waals surface area contributed by atoms with Gasteiger partial charge in [-0.3, -0.25) is 0 Å². The zero-order chi connectivity index (χ0) is 34.0. The summed E-state index contributed by atoms with van der Waals surface area (Å²) in [4.78, 5) is 5.30. The number of aromatic nitrogens is 5. The molecule has 4 aromatic heterocycles. The molecule has 0 spiro atoms. The predicted octanol–water partition coefficient (Wildman–Crippen LogP) is 9.68. The number of fused-ring (bicyclic) bond motifs is 7. The molecule has 0 fully saturated rings. The highest BCUT2D eigenvalue weighted by molar-refractivity contribution is 6.12. The Balaban J connectivity index is 1.33. The van der Waals surface area contributed by atoms with E-state index in [1.54, 1.807) is 0 Å². The maximum atomic E-state index is 6.44. The van der Waals surface area contributed by atoms with Crippen molar-refractivity contribution in [3.8, 4) is 34.2 Å². The van der Waals surface area contributed by atoms with E-state index in [-0.39, 0.29) is 11.6 Å². The minimum absolute atomic E-state index is 0.0187. The van der Waals surface area contributed by atoms with Crippen molar-refractivity contribution >= 4 is 32.8 Å². The van der Waals surface area contributed by atoms with E-state index in [4.69, 9.17) is 14.5 Å². The second-order valence-corrected chi connectivity index (χ2v) is 13.9. The Morgan fingerprint density at radius 1 is 0.760 bits per heavy atom. The molecule has 6 heteroatoms. The first kappa shape index (κ1) is 30.4. The van der Waals surface area contributed by atoms with Gasteiger partial charge in [0, 0.05) is 65.3 Å². The molecule has 50 heavy (non-hydrogen) atoms. The van der Waals surface area contributed by atoms with Crippen LogP contribution in [0.3, 0.4) is 0 Å². The van der Waals surface area contributed by atoms with Gasteiger partial charge in [-0.1, -0.05) is 80.6 Å².